The second kappa shape index (κ2) is 14.2. The summed E-state index contributed by atoms with van der Waals surface area (Å²) < 4.78 is 5.98. The summed E-state index contributed by atoms with van der Waals surface area (Å²) in [5.41, 5.74) is 2.84. The van der Waals surface area contributed by atoms with E-state index in [1.165, 1.54) is 5.56 Å². The molecule has 2 aromatic rings. The van der Waals surface area contributed by atoms with Crippen molar-refractivity contribution in [2.24, 2.45) is 11.8 Å². The lowest BCUT2D eigenvalue weighted by Gasteiger charge is -2.28. The SMILES string of the molecule is O=C(O)CC1CCC(c2ccc(CC(=O)CCCC(=O)c3ccc(OC4CCC(C(=O)O)CC4)cc3)cc2)CC1. The predicted molar refractivity (Wildman–Crippen MR) is 151 cm³/mol. The van der Waals surface area contributed by atoms with Crippen molar-refractivity contribution in [2.75, 3.05) is 0 Å². The number of carbonyl (C=O) groups is 4. The Bertz CT molecular complexity index is 1150. The molecular weight excluding hydrogens is 508 g/mol. The maximum Gasteiger partial charge on any atom is 0.306 e. The molecule has 0 atom stereocenters. The molecule has 0 aromatic heterocycles. The number of rotatable bonds is 13. The Hall–Kier alpha value is -3.48. The van der Waals surface area contributed by atoms with E-state index >= 15 is 0 Å². The second-order valence-electron chi connectivity index (χ2n) is 11.5. The highest BCUT2D eigenvalue weighted by molar-refractivity contribution is 5.96. The largest absolute Gasteiger partial charge is 0.490 e. The number of carboxylic acid groups (broad SMARTS) is 2. The lowest BCUT2D eigenvalue weighted by Crippen LogP contribution is -2.27. The van der Waals surface area contributed by atoms with Gasteiger partial charge in [-0.05, 0) is 105 Å². The number of carboxylic acids is 2. The minimum atomic E-state index is -0.734. The molecule has 0 saturated heterocycles. The van der Waals surface area contributed by atoms with Crippen LogP contribution in [0.3, 0.4) is 0 Å². The Labute approximate surface area is 235 Å². The lowest BCUT2D eigenvalue weighted by molar-refractivity contribution is -0.143. The number of aliphatic carboxylic acids is 2. The van der Waals surface area contributed by atoms with Crippen LogP contribution in [0.2, 0.25) is 0 Å². The summed E-state index contributed by atoms with van der Waals surface area (Å²) in [7, 11) is 0. The molecule has 0 spiro atoms. The summed E-state index contributed by atoms with van der Waals surface area (Å²) in [5.74, 6) is -0.169. The number of hydrogen-bond donors (Lipinski definition) is 2. The van der Waals surface area contributed by atoms with E-state index in [2.05, 4.69) is 12.1 Å². The average molecular weight is 549 g/mol. The number of ether oxygens (including phenoxy) is 1. The summed E-state index contributed by atoms with van der Waals surface area (Å²) in [6.07, 6.45) is 8.42. The molecule has 2 aromatic carbocycles. The van der Waals surface area contributed by atoms with Crippen LogP contribution in [0, 0.1) is 11.8 Å². The van der Waals surface area contributed by atoms with Crippen LogP contribution in [0.1, 0.15) is 104 Å². The molecule has 214 valence electrons. The summed E-state index contributed by atoms with van der Waals surface area (Å²) in [4.78, 5) is 47.2. The zero-order valence-electron chi connectivity index (χ0n) is 23.1. The molecule has 0 unspecified atom stereocenters. The Balaban J connectivity index is 1.14. The molecule has 0 heterocycles. The fourth-order valence-corrected chi connectivity index (χ4v) is 6.10. The van der Waals surface area contributed by atoms with Crippen LogP contribution >= 0.6 is 0 Å². The predicted octanol–water partition coefficient (Wildman–Crippen LogP) is 6.62. The zero-order valence-corrected chi connectivity index (χ0v) is 23.1. The van der Waals surface area contributed by atoms with E-state index in [9.17, 15) is 19.2 Å². The highest BCUT2D eigenvalue weighted by Gasteiger charge is 2.27. The molecule has 7 heteroatoms. The number of benzene rings is 2. The first kappa shape index (κ1) is 29.5. The Kier molecular flexibility index (Phi) is 10.5. The van der Waals surface area contributed by atoms with Gasteiger partial charge in [0.1, 0.15) is 11.5 Å². The molecule has 2 N–H and O–H groups in total. The summed E-state index contributed by atoms with van der Waals surface area (Å²) in [6.45, 7) is 0. The van der Waals surface area contributed by atoms with Crippen molar-refractivity contribution in [1.29, 1.82) is 0 Å². The van der Waals surface area contributed by atoms with Crippen molar-refractivity contribution in [3.8, 4) is 5.75 Å². The van der Waals surface area contributed by atoms with Crippen LogP contribution in [0.4, 0.5) is 0 Å². The van der Waals surface area contributed by atoms with Gasteiger partial charge in [-0.2, -0.15) is 0 Å². The molecule has 0 amide bonds. The van der Waals surface area contributed by atoms with Gasteiger partial charge in [0.25, 0.3) is 0 Å². The highest BCUT2D eigenvalue weighted by atomic mass is 16.5. The first-order chi connectivity index (χ1) is 19.3. The van der Waals surface area contributed by atoms with E-state index in [1.807, 2.05) is 12.1 Å². The minimum Gasteiger partial charge on any atom is -0.490 e. The molecule has 2 aliphatic rings. The quantitative estimate of drug-likeness (QED) is 0.270. The van der Waals surface area contributed by atoms with Crippen molar-refractivity contribution < 1.29 is 34.1 Å². The molecule has 0 radical (unpaired) electrons. The number of hydrogen-bond acceptors (Lipinski definition) is 5. The van der Waals surface area contributed by atoms with Crippen LogP contribution in [0.25, 0.3) is 0 Å². The van der Waals surface area contributed by atoms with Gasteiger partial charge in [0, 0.05) is 31.2 Å². The zero-order chi connectivity index (χ0) is 28.5. The molecule has 40 heavy (non-hydrogen) atoms. The van der Waals surface area contributed by atoms with Crippen molar-refractivity contribution in [3.05, 3.63) is 65.2 Å². The maximum absolute atomic E-state index is 12.6. The third-order valence-electron chi connectivity index (χ3n) is 8.52. The number of ketones is 2. The van der Waals surface area contributed by atoms with Gasteiger partial charge >= 0.3 is 11.9 Å². The molecule has 0 bridgehead atoms. The normalized spacial score (nSPS) is 22.8. The Morgan fingerprint density at radius 3 is 2.00 bits per heavy atom. The van der Waals surface area contributed by atoms with Crippen molar-refractivity contribution in [1.82, 2.24) is 0 Å². The molecule has 2 saturated carbocycles. The van der Waals surface area contributed by atoms with Gasteiger partial charge in [0.15, 0.2) is 5.78 Å². The smallest absolute Gasteiger partial charge is 0.306 e. The second-order valence-corrected chi connectivity index (χ2v) is 11.5. The Morgan fingerprint density at radius 2 is 1.40 bits per heavy atom. The fraction of sp³-hybridized carbons (Fsp3) is 0.515. The average Bonchev–Trinajstić information content (AvgIpc) is 2.94. The number of Topliss-reactive ketones (excluding diaryl/α,β-unsaturated/α-hetero) is 2. The molecule has 4 rings (SSSR count). The van der Waals surface area contributed by atoms with Gasteiger partial charge in [0.2, 0.25) is 0 Å². The molecule has 0 aliphatic heterocycles. The molecular formula is C33H40O7. The third-order valence-corrected chi connectivity index (χ3v) is 8.52. The summed E-state index contributed by atoms with van der Waals surface area (Å²) in [5, 5.41) is 18.1. The number of carbonyl (C=O) groups excluding carboxylic acids is 2. The molecule has 7 nitrogen and oxygen atoms in total. The molecule has 2 fully saturated rings. The van der Waals surface area contributed by atoms with Crippen molar-refractivity contribution in [2.45, 2.75) is 95.5 Å². The van der Waals surface area contributed by atoms with E-state index in [4.69, 9.17) is 14.9 Å². The lowest BCUT2D eigenvalue weighted by atomic mass is 9.77. The van der Waals surface area contributed by atoms with Crippen LogP contribution < -0.4 is 4.74 Å². The van der Waals surface area contributed by atoms with E-state index in [1.54, 1.807) is 24.3 Å². The van der Waals surface area contributed by atoms with E-state index in [0.717, 1.165) is 31.2 Å². The van der Waals surface area contributed by atoms with E-state index in [-0.39, 0.29) is 35.9 Å². The van der Waals surface area contributed by atoms with Crippen LogP contribution in [-0.4, -0.2) is 39.8 Å². The van der Waals surface area contributed by atoms with E-state index < -0.39 is 11.9 Å². The fourth-order valence-electron chi connectivity index (χ4n) is 6.10. The first-order valence-electron chi connectivity index (χ1n) is 14.6. The van der Waals surface area contributed by atoms with Crippen LogP contribution in [0.5, 0.6) is 5.75 Å². The standard InChI is InChI=1S/C33H40O7/c34-28(20-22-4-8-24(9-5-22)25-10-6-23(7-11-25)21-32(36)37)2-1-3-31(35)26-12-16-29(17-13-26)40-30-18-14-27(15-19-30)33(38)39/h4-5,8-9,12-13,16-17,23,25,27,30H,1-3,6-7,10-11,14-15,18-21H2,(H,36,37)(H,38,39). The minimum absolute atomic E-state index is 0.00347. The maximum atomic E-state index is 12.6. The third kappa shape index (κ3) is 8.77. The monoisotopic (exact) mass is 548 g/mol. The van der Waals surface area contributed by atoms with Gasteiger partial charge in [-0.25, -0.2) is 0 Å². The van der Waals surface area contributed by atoms with Gasteiger partial charge in [0.05, 0.1) is 12.0 Å². The molecule has 2 aliphatic carbocycles. The first-order valence-corrected chi connectivity index (χ1v) is 14.6. The topological polar surface area (TPSA) is 118 Å². The van der Waals surface area contributed by atoms with Crippen molar-refractivity contribution >= 4 is 23.5 Å². The van der Waals surface area contributed by atoms with Gasteiger partial charge in [-0.1, -0.05) is 24.3 Å². The van der Waals surface area contributed by atoms with E-state index in [0.29, 0.717) is 68.6 Å². The Morgan fingerprint density at radius 1 is 0.750 bits per heavy atom. The van der Waals surface area contributed by atoms with Crippen LogP contribution in [0.15, 0.2) is 48.5 Å². The van der Waals surface area contributed by atoms with Gasteiger partial charge in [-0.3, -0.25) is 19.2 Å². The summed E-state index contributed by atoms with van der Waals surface area (Å²) >= 11 is 0. The van der Waals surface area contributed by atoms with Crippen molar-refractivity contribution in [3.63, 3.8) is 0 Å². The van der Waals surface area contributed by atoms with Gasteiger partial charge < -0.3 is 14.9 Å². The highest BCUT2D eigenvalue weighted by Crippen LogP contribution is 2.37. The van der Waals surface area contributed by atoms with Crippen LogP contribution in [-0.2, 0) is 20.8 Å². The summed E-state index contributed by atoms with van der Waals surface area (Å²) in [6, 6.07) is 15.3. The van der Waals surface area contributed by atoms with Gasteiger partial charge in [-0.15, -0.1) is 0 Å².